The molecule has 1 aromatic carbocycles. The molecule has 0 bridgehead atoms. The zero-order chi connectivity index (χ0) is 16.3. The van der Waals surface area contributed by atoms with Crippen LogP contribution in [0.1, 0.15) is 32.3 Å². The summed E-state index contributed by atoms with van der Waals surface area (Å²) >= 11 is 9.73. The molecule has 1 amide bonds. The Balaban J connectivity index is 2.27. The maximum Gasteiger partial charge on any atom is 0.229 e. The third kappa shape index (κ3) is 3.52. The van der Waals surface area contributed by atoms with Gasteiger partial charge in [-0.2, -0.15) is 5.10 Å². The normalized spacial score (nSPS) is 12.2. The van der Waals surface area contributed by atoms with Gasteiger partial charge in [0, 0.05) is 19.3 Å². The molecule has 0 spiro atoms. The van der Waals surface area contributed by atoms with Gasteiger partial charge >= 0.3 is 0 Å². The molecule has 0 N–H and O–H groups in total. The van der Waals surface area contributed by atoms with Gasteiger partial charge in [-0.3, -0.25) is 4.79 Å². The molecule has 1 unspecified atom stereocenters. The van der Waals surface area contributed by atoms with Gasteiger partial charge < -0.3 is 4.90 Å². The minimum absolute atomic E-state index is 0.121. The SMILES string of the molecule is CCN(CC)C(=O)C(C)c1ccc(-n2cc(Br)cn2)c(Cl)c1. The molecule has 0 radical (unpaired) electrons. The first-order valence-electron chi connectivity index (χ1n) is 7.26. The summed E-state index contributed by atoms with van der Waals surface area (Å²) in [4.78, 5) is 14.3. The molecule has 2 rings (SSSR count). The number of halogens is 2. The van der Waals surface area contributed by atoms with Crippen molar-refractivity contribution < 1.29 is 4.79 Å². The van der Waals surface area contributed by atoms with E-state index in [1.807, 2.05) is 50.1 Å². The Morgan fingerprint density at radius 3 is 2.59 bits per heavy atom. The minimum Gasteiger partial charge on any atom is -0.343 e. The second kappa shape index (κ2) is 7.29. The maximum absolute atomic E-state index is 12.4. The highest BCUT2D eigenvalue weighted by Gasteiger charge is 2.20. The number of carbonyl (C=O) groups excluding carboxylic acids is 1. The zero-order valence-corrected chi connectivity index (χ0v) is 15.2. The van der Waals surface area contributed by atoms with Gasteiger partial charge in [-0.25, -0.2) is 4.68 Å². The van der Waals surface area contributed by atoms with E-state index in [4.69, 9.17) is 11.6 Å². The van der Waals surface area contributed by atoms with Crippen LogP contribution in [0.5, 0.6) is 0 Å². The lowest BCUT2D eigenvalue weighted by atomic mass is 9.99. The van der Waals surface area contributed by atoms with E-state index >= 15 is 0 Å². The first-order valence-corrected chi connectivity index (χ1v) is 8.43. The van der Waals surface area contributed by atoms with Crippen molar-refractivity contribution in [3.8, 4) is 5.69 Å². The number of rotatable bonds is 5. The van der Waals surface area contributed by atoms with Crippen LogP contribution in [0, 0.1) is 0 Å². The summed E-state index contributed by atoms with van der Waals surface area (Å²) in [5.74, 6) is -0.0912. The molecule has 0 aliphatic carbocycles. The first kappa shape index (κ1) is 17.0. The van der Waals surface area contributed by atoms with Crippen molar-refractivity contribution in [2.24, 2.45) is 0 Å². The van der Waals surface area contributed by atoms with Gasteiger partial charge in [0.2, 0.25) is 5.91 Å². The predicted molar refractivity (Wildman–Crippen MR) is 92.6 cm³/mol. The Hall–Kier alpha value is -1.33. The van der Waals surface area contributed by atoms with Crippen molar-refractivity contribution in [1.82, 2.24) is 14.7 Å². The van der Waals surface area contributed by atoms with Crippen molar-refractivity contribution in [3.05, 3.63) is 45.7 Å². The molecule has 1 aromatic heterocycles. The molecule has 1 heterocycles. The van der Waals surface area contributed by atoms with Crippen LogP contribution in [0.3, 0.4) is 0 Å². The highest BCUT2D eigenvalue weighted by molar-refractivity contribution is 9.10. The lowest BCUT2D eigenvalue weighted by Crippen LogP contribution is -2.33. The second-order valence-electron chi connectivity index (χ2n) is 5.05. The molecule has 2 aromatic rings. The molecular weight excluding hydrogens is 366 g/mol. The van der Waals surface area contributed by atoms with Gasteiger partial charge in [-0.1, -0.05) is 17.7 Å². The fraction of sp³-hybridized carbons (Fsp3) is 0.375. The number of hydrogen-bond donors (Lipinski definition) is 0. The maximum atomic E-state index is 12.4. The summed E-state index contributed by atoms with van der Waals surface area (Å²) in [7, 11) is 0. The number of nitrogens with zero attached hydrogens (tertiary/aromatic N) is 3. The molecule has 118 valence electrons. The van der Waals surface area contributed by atoms with Crippen molar-refractivity contribution in [2.45, 2.75) is 26.7 Å². The highest BCUT2D eigenvalue weighted by Crippen LogP contribution is 2.27. The Labute approximate surface area is 144 Å². The third-order valence-corrected chi connectivity index (χ3v) is 4.43. The number of likely N-dealkylation sites (N-methyl/N-ethyl adjacent to an activating group) is 1. The van der Waals surface area contributed by atoms with Gasteiger partial charge in [0.25, 0.3) is 0 Å². The smallest absolute Gasteiger partial charge is 0.229 e. The van der Waals surface area contributed by atoms with Crippen molar-refractivity contribution >= 4 is 33.4 Å². The molecule has 22 heavy (non-hydrogen) atoms. The first-order chi connectivity index (χ1) is 10.5. The highest BCUT2D eigenvalue weighted by atomic mass is 79.9. The number of amides is 1. The molecule has 4 nitrogen and oxygen atoms in total. The largest absolute Gasteiger partial charge is 0.343 e. The lowest BCUT2D eigenvalue weighted by molar-refractivity contribution is -0.132. The molecular formula is C16H19BrClN3O. The fourth-order valence-electron chi connectivity index (χ4n) is 2.36. The zero-order valence-electron chi connectivity index (χ0n) is 12.9. The monoisotopic (exact) mass is 383 g/mol. The van der Waals surface area contributed by atoms with Crippen molar-refractivity contribution in [3.63, 3.8) is 0 Å². The topological polar surface area (TPSA) is 38.1 Å². The van der Waals surface area contributed by atoms with E-state index in [0.717, 1.165) is 15.7 Å². The Morgan fingerprint density at radius 2 is 2.09 bits per heavy atom. The van der Waals surface area contributed by atoms with E-state index in [-0.39, 0.29) is 11.8 Å². The van der Waals surface area contributed by atoms with Gasteiger partial charge in [0.05, 0.1) is 27.3 Å². The van der Waals surface area contributed by atoms with Crippen molar-refractivity contribution in [1.29, 1.82) is 0 Å². The van der Waals surface area contributed by atoms with Crippen LogP contribution in [0.15, 0.2) is 35.1 Å². The van der Waals surface area contributed by atoms with E-state index in [0.29, 0.717) is 18.1 Å². The Kier molecular flexibility index (Phi) is 5.64. The van der Waals surface area contributed by atoms with Crippen LogP contribution in [0.4, 0.5) is 0 Å². The van der Waals surface area contributed by atoms with Gasteiger partial charge in [-0.15, -0.1) is 0 Å². The van der Waals surface area contributed by atoms with Gasteiger partial charge in [0.1, 0.15) is 0 Å². The standard InChI is InChI=1S/C16H19BrClN3O/c1-4-20(5-2)16(22)11(3)12-6-7-15(14(18)8-12)21-10-13(17)9-19-21/h6-11H,4-5H2,1-3H3. The second-order valence-corrected chi connectivity index (χ2v) is 6.37. The summed E-state index contributed by atoms with van der Waals surface area (Å²) in [6, 6.07) is 5.67. The van der Waals surface area contributed by atoms with E-state index in [9.17, 15) is 4.79 Å². The summed E-state index contributed by atoms with van der Waals surface area (Å²) in [5.41, 5.74) is 1.70. The van der Waals surface area contributed by atoms with Crippen LogP contribution in [-0.2, 0) is 4.79 Å². The van der Waals surface area contributed by atoms with Crippen LogP contribution < -0.4 is 0 Å². The van der Waals surface area contributed by atoms with Crippen molar-refractivity contribution in [2.75, 3.05) is 13.1 Å². The summed E-state index contributed by atoms with van der Waals surface area (Å²) in [6.07, 6.45) is 3.54. The summed E-state index contributed by atoms with van der Waals surface area (Å²) < 4.78 is 2.59. The summed E-state index contributed by atoms with van der Waals surface area (Å²) in [5, 5.41) is 4.80. The number of hydrogen-bond acceptors (Lipinski definition) is 2. The quantitative estimate of drug-likeness (QED) is 0.772. The van der Waals surface area contributed by atoms with E-state index in [1.54, 1.807) is 10.9 Å². The molecule has 0 aliphatic heterocycles. The minimum atomic E-state index is -0.212. The van der Waals surface area contributed by atoms with Crippen LogP contribution in [0.25, 0.3) is 5.69 Å². The molecule has 0 aliphatic rings. The van der Waals surface area contributed by atoms with Gasteiger partial charge in [0.15, 0.2) is 0 Å². The number of carbonyl (C=O) groups is 1. The molecule has 0 saturated carbocycles. The number of benzene rings is 1. The van der Waals surface area contributed by atoms with E-state index < -0.39 is 0 Å². The third-order valence-electron chi connectivity index (χ3n) is 3.72. The number of aromatic nitrogens is 2. The van der Waals surface area contributed by atoms with Crippen LogP contribution >= 0.6 is 27.5 Å². The molecule has 0 saturated heterocycles. The fourth-order valence-corrected chi connectivity index (χ4v) is 2.92. The molecule has 1 atom stereocenters. The average Bonchev–Trinajstić information content (AvgIpc) is 2.93. The van der Waals surface area contributed by atoms with E-state index in [1.165, 1.54) is 0 Å². The van der Waals surface area contributed by atoms with Gasteiger partial charge in [-0.05, 0) is 54.4 Å². The van der Waals surface area contributed by atoms with E-state index in [2.05, 4.69) is 21.0 Å². The average molecular weight is 385 g/mol. The molecule has 0 fully saturated rings. The Bertz CT molecular complexity index is 667. The molecule has 6 heteroatoms. The van der Waals surface area contributed by atoms with Crippen LogP contribution in [0.2, 0.25) is 5.02 Å². The Morgan fingerprint density at radius 1 is 1.41 bits per heavy atom. The lowest BCUT2D eigenvalue weighted by Gasteiger charge is -2.23. The summed E-state index contributed by atoms with van der Waals surface area (Å²) in [6.45, 7) is 7.32. The van der Waals surface area contributed by atoms with Crippen LogP contribution in [-0.4, -0.2) is 33.7 Å². The predicted octanol–water partition coefficient (Wildman–Crippen LogP) is 4.26.